The van der Waals surface area contributed by atoms with Gasteiger partial charge in [-0.05, 0) is 26.3 Å². The van der Waals surface area contributed by atoms with Crippen molar-refractivity contribution in [3.63, 3.8) is 0 Å². The van der Waals surface area contributed by atoms with Crippen molar-refractivity contribution in [3.8, 4) is 0 Å². The standard InChI is InChI=1S/C12H14ClFN2O/c1-12(2,15)4-3-11-16-9-5-7(13)8(14)6-10(9)17-11/h5-6H,3-4,15H2,1-2H3. The van der Waals surface area contributed by atoms with E-state index in [1.165, 1.54) is 12.1 Å². The topological polar surface area (TPSA) is 52.0 Å². The second-order valence-corrected chi connectivity index (χ2v) is 5.24. The normalized spacial score (nSPS) is 12.3. The minimum Gasteiger partial charge on any atom is -0.441 e. The molecule has 17 heavy (non-hydrogen) atoms. The smallest absolute Gasteiger partial charge is 0.195 e. The molecule has 0 atom stereocenters. The van der Waals surface area contributed by atoms with E-state index in [-0.39, 0.29) is 10.6 Å². The van der Waals surface area contributed by atoms with Crippen molar-refractivity contribution in [1.82, 2.24) is 4.98 Å². The van der Waals surface area contributed by atoms with Crippen molar-refractivity contribution in [2.75, 3.05) is 0 Å². The molecule has 3 nitrogen and oxygen atoms in total. The zero-order chi connectivity index (χ0) is 12.6. The number of nitrogens with zero attached hydrogens (tertiary/aromatic N) is 1. The largest absolute Gasteiger partial charge is 0.441 e. The first-order valence-corrected chi connectivity index (χ1v) is 5.76. The van der Waals surface area contributed by atoms with E-state index >= 15 is 0 Å². The fraction of sp³-hybridized carbons (Fsp3) is 0.417. The molecule has 1 aromatic heterocycles. The van der Waals surface area contributed by atoms with Gasteiger partial charge in [-0.15, -0.1) is 0 Å². The Morgan fingerprint density at radius 1 is 1.47 bits per heavy atom. The van der Waals surface area contributed by atoms with Crippen LogP contribution in [0.5, 0.6) is 0 Å². The molecule has 0 saturated carbocycles. The fourth-order valence-corrected chi connectivity index (χ4v) is 1.67. The third-order valence-corrected chi connectivity index (χ3v) is 2.75. The average molecular weight is 257 g/mol. The van der Waals surface area contributed by atoms with E-state index in [2.05, 4.69) is 4.98 Å². The SMILES string of the molecule is CC(C)(N)CCc1nc2cc(Cl)c(F)cc2o1. The molecular weight excluding hydrogens is 243 g/mol. The Bertz CT molecular complexity index is 506. The second kappa shape index (κ2) is 4.27. The second-order valence-electron chi connectivity index (χ2n) is 4.83. The Kier molecular flexibility index (Phi) is 3.10. The molecule has 1 aromatic carbocycles. The highest BCUT2D eigenvalue weighted by Crippen LogP contribution is 2.24. The molecule has 0 fully saturated rings. The molecule has 92 valence electrons. The summed E-state index contributed by atoms with van der Waals surface area (Å²) in [5.74, 6) is 0.0567. The lowest BCUT2D eigenvalue weighted by Gasteiger charge is -2.16. The molecular formula is C12H14ClFN2O. The summed E-state index contributed by atoms with van der Waals surface area (Å²) in [5, 5.41) is 0.0523. The number of oxazole rings is 1. The van der Waals surface area contributed by atoms with Gasteiger partial charge in [0.2, 0.25) is 0 Å². The summed E-state index contributed by atoms with van der Waals surface area (Å²) in [4.78, 5) is 4.24. The lowest BCUT2D eigenvalue weighted by atomic mass is 10.0. The predicted octanol–water partition coefficient (Wildman–Crippen LogP) is 3.29. The molecule has 0 spiro atoms. The summed E-state index contributed by atoms with van der Waals surface area (Å²) in [6.45, 7) is 3.87. The molecule has 0 unspecified atom stereocenters. The molecule has 0 aliphatic rings. The highest BCUT2D eigenvalue weighted by Gasteiger charge is 2.14. The molecule has 5 heteroatoms. The molecule has 0 bridgehead atoms. The highest BCUT2D eigenvalue weighted by molar-refractivity contribution is 6.31. The van der Waals surface area contributed by atoms with Crippen LogP contribution in [0, 0.1) is 5.82 Å². The third-order valence-electron chi connectivity index (χ3n) is 2.46. The van der Waals surface area contributed by atoms with Gasteiger partial charge in [-0.3, -0.25) is 0 Å². The molecule has 0 radical (unpaired) electrons. The number of rotatable bonds is 3. The van der Waals surface area contributed by atoms with Crippen molar-refractivity contribution >= 4 is 22.7 Å². The van der Waals surface area contributed by atoms with Crippen molar-refractivity contribution in [1.29, 1.82) is 0 Å². The van der Waals surface area contributed by atoms with Crippen LogP contribution in [0.3, 0.4) is 0 Å². The minimum atomic E-state index is -0.499. The Morgan fingerprint density at radius 3 is 2.82 bits per heavy atom. The lowest BCUT2D eigenvalue weighted by molar-refractivity contribution is 0.434. The van der Waals surface area contributed by atoms with Crippen LogP contribution in [0.1, 0.15) is 26.2 Å². The summed E-state index contributed by atoms with van der Waals surface area (Å²) >= 11 is 5.67. The molecule has 0 saturated heterocycles. The fourth-order valence-electron chi connectivity index (χ4n) is 1.51. The van der Waals surface area contributed by atoms with Gasteiger partial charge < -0.3 is 10.2 Å². The van der Waals surface area contributed by atoms with Gasteiger partial charge in [0, 0.05) is 18.0 Å². The van der Waals surface area contributed by atoms with Crippen molar-refractivity contribution < 1.29 is 8.81 Å². The van der Waals surface area contributed by atoms with Gasteiger partial charge in [-0.2, -0.15) is 0 Å². The molecule has 0 aliphatic carbocycles. The maximum atomic E-state index is 13.2. The zero-order valence-electron chi connectivity index (χ0n) is 9.76. The molecule has 2 aromatic rings. The van der Waals surface area contributed by atoms with Crippen molar-refractivity contribution in [2.45, 2.75) is 32.2 Å². The van der Waals surface area contributed by atoms with E-state index in [4.69, 9.17) is 21.8 Å². The molecule has 2 N–H and O–H groups in total. The summed E-state index contributed by atoms with van der Waals surface area (Å²) in [5.41, 5.74) is 6.59. The third kappa shape index (κ3) is 2.96. The number of nitrogens with two attached hydrogens (primary N) is 1. The number of hydrogen-bond donors (Lipinski definition) is 1. The van der Waals surface area contributed by atoms with Gasteiger partial charge in [-0.25, -0.2) is 9.37 Å². The lowest BCUT2D eigenvalue weighted by Crippen LogP contribution is -2.32. The van der Waals surface area contributed by atoms with E-state index in [1.807, 2.05) is 13.8 Å². The van der Waals surface area contributed by atoms with Gasteiger partial charge in [0.05, 0.1) is 5.02 Å². The maximum absolute atomic E-state index is 13.2. The average Bonchev–Trinajstić information content (AvgIpc) is 2.57. The number of fused-ring (bicyclic) bond motifs is 1. The van der Waals surface area contributed by atoms with Crippen LogP contribution in [0.15, 0.2) is 16.5 Å². The van der Waals surface area contributed by atoms with E-state index in [1.54, 1.807) is 0 Å². The number of aryl methyl sites for hydroxylation is 1. The van der Waals surface area contributed by atoms with Crippen LogP contribution in [0.25, 0.3) is 11.1 Å². The van der Waals surface area contributed by atoms with Crippen LogP contribution in [-0.2, 0) is 6.42 Å². The monoisotopic (exact) mass is 256 g/mol. The first kappa shape index (κ1) is 12.3. The Hall–Kier alpha value is -1.13. The first-order valence-electron chi connectivity index (χ1n) is 5.38. The quantitative estimate of drug-likeness (QED) is 0.917. The van der Waals surface area contributed by atoms with Crippen molar-refractivity contribution in [2.24, 2.45) is 5.73 Å². The van der Waals surface area contributed by atoms with E-state index in [0.29, 0.717) is 23.4 Å². The Morgan fingerprint density at radius 2 is 2.18 bits per heavy atom. The molecule has 0 amide bonds. The van der Waals surface area contributed by atoms with Crippen molar-refractivity contribution in [3.05, 3.63) is 28.9 Å². The van der Waals surface area contributed by atoms with Crippen LogP contribution in [0.4, 0.5) is 4.39 Å². The van der Waals surface area contributed by atoms with Gasteiger partial charge in [0.1, 0.15) is 11.3 Å². The summed E-state index contributed by atoms with van der Waals surface area (Å²) < 4.78 is 18.6. The Labute approximate surface area is 104 Å². The van der Waals surface area contributed by atoms with E-state index in [9.17, 15) is 4.39 Å². The molecule has 2 rings (SSSR count). The zero-order valence-corrected chi connectivity index (χ0v) is 10.5. The molecule has 1 heterocycles. The summed E-state index contributed by atoms with van der Waals surface area (Å²) in [6, 6.07) is 2.72. The number of benzene rings is 1. The van der Waals surface area contributed by atoms with E-state index in [0.717, 1.165) is 6.42 Å². The number of halogens is 2. The van der Waals surface area contributed by atoms with Gasteiger partial charge >= 0.3 is 0 Å². The highest BCUT2D eigenvalue weighted by atomic mass is 35.5. The number of aromatic nitrogens is 1. The predicted molar refractivity (Wildman–Crippen MR) is 65.6 cm³/mol. The molecule has 0 aliphatic heterocycles. The van der Waals surface area contributed by atoms with Crippen LogP contribution >= 0.6 is 11.6 Å². The van der Waals surface area contributed by atoms with Gasteiger partial charge in [0.15, 0.2) is 11.5 Å². The van der Waals surface area contributed by atoms with Crippen LogP contribution in [-0.4, -0.2) is 10.5 Å². The van der Waals surface area contributed by atoms with Gasteiger partial charge in [0.25, 0.3) is 0 Å². The van der Waals surface area contributed by atoms with E-state index < -0.39 is 5.82 Å². The number of hydrogen-bond acceptors (Lipinski definition) is 3. The van der Waals surface area contributed by atoms with Crippen LogP contribution < -0.4 is 5.73 Å². The summed E-state index contributed by atoms with van der Waals surface area (Å²) in [6.07, 6.45) is 1.37. The minimum absolute atomic E-state index is 0.0523. The van der Waals surface area contributed by atoms with Crippen LogP contribution in [0.2, 0.25) is 5.02 Å². The summed E-state index contributed by atoms with van der Waals surface area (Å²) in [7, 11) is 0. The van der Waals surface area contributed by atoms with Gasteiger partial charge in [-0.1, -0.05) is 11.6 Å². The first-order chi connectivity index (χ1) is 7.85. The Balaban J connectivity index is 2.26. The maximum Gasteiger partial charge on any atom is 0.195 e.